The fraction of sp³-hybridized carbons (Fsp3) is 0. The van der Waals surface area contributed by atoms with Gasteiger partial charge in [-0.1, -0.05) is 0 Å². The SMILES string of the molecule is O.O=C([O-])/C=C\C(=O)[O-].[NH4+].[NH4+]. The molecule has 0 radical (unpaired) electrons. The van der Waals surface area contributed by atoms with Crippen LogP contribution < -0.4 is 22.5 Å². The van der Waals surface area contributed by atoms with Crippen LogP contribution in [-0.4, -0.2) is 17.4 Å². The van der Waals surface area contributed by atoms with Gasteiger partial charge < -0.3 is 37.6 Å². The summed E-state index contributed by atoms with van der Waals surface area (Å²) in [5.41, 5.74) is 0. The minimum atomic E-state index is -1.55. The molecule has 0 aliphatic rings. The summed E-state index contributed by atoms with van der Waals surface area (Å²) in [4.78, 5) is 18.8. The molecule has 11 heavy (non-hydrogen) atoms. The van der Waals surface area contributed by atoms with E-state index in [1.54, 1.807) is 0 Å². The molecule has 7 heteroatoms. The number of hydrogen-bond donors (Lipinski definition) is 2. The van der Waals surface area contributed by atoms with Crippen LogP contribution in [0.25, 0.3) is 0 Å². The summed E-state index contributed by atoms with van der Waals surface area (Å²) < 4.78 is 0. The molecule has 0 saturated heterocycles. The van der Waals surface area contributed by atoms with Gasteiger partial charge in [-0.05, 0) is 12.2 Å². The second-order valence-electron chi connectivity index (χ2n) is 0.971. The highest BCUT2D eigenvalue weighted by Gasteiger charge is 1.70. The predicted octanol–water partition coefficient (Wildman–Crippen LogP) is -3.03. The fourth-order valence-electron chi connectivity index (χ4n) is 0.136. The third-order valence-electron chi connectivity index (χ3n) is 0.355. The van der Waals surface area contributed by atoms with Crippen LogP contribution in [0.4, 0.5) is 0 Å². The Hall–Kier alpha value is -1.44. The minimum absolute atomic E-state index is 0. The topological polar surface area (TPSA) is 185 Å². The number of rotatable bonds is 2. The summed E-state index contributed by atoms with van der Waals surface area (Å²) in [5, 5.41) is 18.8. The van der Waals surface area contributed by atoms with E-state index in [1.807, 2.05) is 0 Å². The summed E-state index contributed by atoms with van der Waals surface area (Å²) in [6.07, 6.45) is 0.769. The van der Waals surface area contributed by atoms with E-state index in [9.17, 15) is 19.8 Å². The van der Waals surface area contributed by atoms with E-state index in [4.69, 9.17) is 0 Å². The average molecular weight is 168 g/mol. The maximum atomic E-state index is 9.41. The zero-order valence-electron chi connectivity index (χ0n) is 6.29. The van der Waals surface area contributed by atoms with E-state index in [2.05, 4.69) is 0 Å². The lowest BCUT2D eigenvalue weighted by atomic mass is 10.5. The van der Waals surface area contributed by atoms with Crippen LogP contribution in [0, 0.1) is 0 Å². The van der Waals surface area contributed by atoms with Gasteiger partial charge in [0.25, 0.3) is 0 Å². The third-order valence-corrected chi connectivity index (χ3v) is 0.355. The van der Waals surface area contributed by atoms with Crippen LogP contribution in [-0.2, 0) is 9.59 Å². The summed E-state index contributed by atoms with van der Waals surface area (Å²) >= 11 is 0. The van der Waals surface area contributed by atoms with Crippen molar-refractivity contribution in [1.29, 1.82) is 0 Å². The first kappa shape index (κ1) is 22.7. The van der Waals surface area contributed by atoms with Gasteiger partial charge in [-0.2, -0.15) is 0 Å². The monoisotopic (exact) mass is 168 g/mol. The van der Waals surface area contributed by atoms with Gasteiger partial charge in [0.05, 0.1) is 11.9 Å². The number of carboxylic acids is 2. The van der Waals surface area contributed by atoms with Crippen LogP contribution in [0.15, 0.2) is 12.2 Å². The lowest BCUT2D eigenvalue weighted by molar-refractivity contribution is -0.301. The molecule has 10 N–H and O–H groups in total. The van der Waals surface area contributed by atoms with E-state index >= 15 is 0 Å². The van der Waals surface area contributed by atoms with Crippen LogP contribution in [0.2, 0.25) is 0 Å². The van der Waals surface area contributed by atoms with E-state index in [-0.39, 0.29) is 17.8 Å². The van der Waals surface area contributed by atoms with Crippen molar-refractivity contribution in [2.45, 2.75) is 0 Å². The molecule has 0 aliphatic carbocycles. The summed E-state index contributed by atoms with van der Waals surface area (Å²) in [5.74, 6) is -3.09. The van der Waals surface area contributed by atoms with Crippen molar-refractivity contribution in [2.75, 3.05) is 0 Å². The summed E-state index contributed by atoms with van der Waals surface area (Å²) in [6, 6.07) is 0. The molecular formula is C4H12N2O5. The predicted molar refractivity (Wildman–Crippen MR) is 34.7 cm³/mol. The summed E-state index contributed by atoms with van der Waals surface area (Å²) in [7, 11) is 0. The Morgan fingerprint density at radius 1 is 0.909 bits per heavy atom. The Bertz CT molecular complexity index is 127. The standard InChI is InChI=1S/C4H4O4.2H3N.H2O/c5-3(6)1-2-4(7)8;;;/h1-2H,(H,5,6)(H,7,8);2*1H3;1H2/b2-1-;;;. The second-order valence-corrected chi connectivity index (χ2v) is 0.971. The quantitative estimate of drug-likeness (QED) is 0.415. The number of carboxylic acid groups (broad SMARTS) is 2. The first-order valence-electron chi connectivity index (χ1n) is 1.73. The van der Waals surface area contributed by atoms with E-state index in [1.165, 1.54) is 0 Å². The normalized spacial score (nSPS) is 6.91. The Morgan fingerprint density at radius 3 is 1.18 bits per heavy atom. The Morgan fingerprint density at radius 2 is 1.09 bits per heavy atom. The molecule has 0 heterocycles. The smallest absolute Gasteiger partial charge is 0.0643 e. The molecule has 0 amide bonds. The van der Waals surface area contributed by atoms with Crippen molar-refractivity contribution < 1.29 is 25.3 Å². The molecule has 0 aromatic rings. The molecule has 0 fully saturated rings. The number of aliphatic carboxylic acids is 2. The summed E-state index contributed by atoms with van der Waals surface area (Å²) in [6.45, 7) is 0. The second kappa shape index (κ2) is 11.4. The van der Waals surface area contributed by atoms with E-state index in [0.29, 0.717) is 12.2 Å². The third kappa shape index (κ3) is 29.1. The highest BCUT2D eigenvalue weighted by molar-refractivity contribution is 5.87. The Labute approximate surface area is 62.8 Å². The molecule has 7 nitrogen and oxygen atoms in total. The number of carbonyl (C=O) groups is 2. The van der Waals surface area contributed by atoms with E-state index < -0.39 is 11.9 Å². The van der Waals surface area contributed by atoms with Crippen molar-refractivity contribution in [2.24, 2.45) is 0 Å². The first-order valence-corrected chi connectivity index (χ1v) is 1.73. The number of quaternary nitrogens is 2. The minimum Gasteiger partial charge on any atom is -0.545 e. The number of carbonyl (C=O) groups excluding carboxylic acids is 2. The first-order chi connectivity index (χ1) is 3.63. The Balaban J connectivity index is -0.0000000817. The van der Waals surface area contributed by atoms with Gasteiger partial charge in [-0.3, -0.25) is 0 Å². The van der Waals surface area contributed by atoms with Crippen molar-refractivity contribution in [3.05, 3.63) is 12.2 Å². The molecule has 0 atom stereocenters. The van der Waals surface area contributed by atoms with Gasteiger partial charge >= 0.3 is 0 Å². The fourth-order valence-corrected chi connectivity index (χ4v) is 0.136. The van der Waals surface area contributed by atoms with Crippen LogP contribution in [0.1, 0.15) is 0 Å². The van der Waals surface area contributed by atoms with Crippen molar-refractivity contribution in [3.63, 3.8) is 0 Å². The van der Waals surface area contributed by atoms with Crippen LogP contribution in [0.3, 0.4) is 0 Å². The zero-order valence-corrected chi connectivity index (χ0v) is 6.29. The lowest BCUT2D eigenvalue weighted by Gasteiger charge is -1.90. The molecule has 0 aromatic carbocycles. The number of hydrogen-bond acceptors (Lipinski definition) is 4. The highest BCUT2D eigenvalue weighted by atomic mass is 16.4. The average Bonchev–Trinajstić information content (AvgIpc) is 1.61. The molecule has 0 unspecified atom stereocenters. The van der Waals surface area contributed by atoms with E-state index in [0.717, 1.165) is 0 Å². The molecular weight excluding hydrogens is 156 g/mol. The maximum Gasteiger partial charge on any atom is 0.0643 e. The molecule has 0 bridgehead atoms. The molecule has 68 valence electrons. The molecule has 0 aliphatic heterocycles. The van der Waals surface area contributed by atoms with Crippen molar-refractivity contribution in [3.8, 4) is 0 Å². The highest BCUT2D eigenvalue weighted by Crippen LogP contribution is 1.64. The molecule has 0 aromatic heterocycles. The van der Waals surface area contributed by atoms with Gasteiger partial charge in [0.1, 0.15) is 0 Å². The van der Waals surface area contributed by atoms with Gasteiger partial charge in [-0.25, -0.2) is 0 Å². The van der Waals surface area contributed by atoms with Gasteiger partial charge in [0, 0.05) is 0 Å². The Kier molecular flexibility index (Phi) is 23.4. The lowest BCUT2D eigenvalue weighted by Crippen LogP contribution is -2.23. The van der Waals surface area contributed by atoms with Crippen LogP contribution in [0.5, 0.6) is 0 Å². The largest absolute Gasteiger partial charge is 0.545 e. The van der Waals surface area contributed by atoms with Crippen molar-refractivity contribution >= 4 is 11.9 Å². The molecule has 0 rings (SSSR count). The van der Waals surface area contributed by atoms with Crippen molar-refractivity contribution in [1.82, 2.24) is 12.3 Å². The van der Waals surface area contributed by atoms with Gasteiger partial charge in [0.2, 0.25) is 0 Å². The maximum absolute atomic E-state index is 9.41. The van der Waals surface area contributed by atoms with Crippen LogP contribution >= 0.6 is 0 Å². The molecule has 0 saturated carbocycles. The molecule has 0 spiro atoms. The van der Waals surface area contributed by atoms with Gasteiger partial charge in [0.15, 0.2) is 0 Å². The zero-order chi connectivity index (χ0) is 6.57. The van der Waals surface area contributed by atoms with Gasteiger partial charge in [-0.15, -0.1) is 0 Å².